The van der Waals surface area contributed by atoms with Crippen LogP contribution in [0.2, 0.25) is 0 Å². The number of rotatable bonds is 7. The van der Waals surface area contributed by atoms with Crippen molar-refractivity contribution in [1.82, 2.24) is 5.43 Å². The molecule has 0 bridgehead atoms. The molecule has 1 rings (SSSR count). The van der Waals surface area contributed by atoms with Crippen molar-refractivity contribution < 1.29 is 0 Å². The first-order chi connectivity index (χ1) is 7.36. The summed E-state index contributed by atoms with van der Waals surface area (Å²) in [5.74, 6) is 5.55. The standard InChI is InChI=1S/C13H22N2/c1-2-3-5-10-13(15-14)11-12-8-6-4-7-9-12/h4,6-9,13,15H,2-3,5,10-11,14H2,1H3. The molecule has 2 heteroatoms. The molecule has 2 nitrogen and oxygen atoms in total. The van der Waals surface area contributed by atoms with Gasteiger partial charge in [-0.15, -0.1) is 0 Å². The Hall–Kier alpha value is -0.860. The predicted octanol–water partition coefficient (Wildman–Crippen LogP) is 2.64. The van der Waals surface area contributed by atoms with E-state index in [-0.39, 0.29) is 0 Å². The third-order valence-corrected chi connectivity index (χ3v) is 2.72. The molecular weight excluding hydrogens is 184 g/mol. The minimum Gasteiger partial charge on any atom is -0.271 e. The van der Waals surface area contributed by atoms with Crippen LogP contribution in [0.4, 0.5) is 0 Å². The Morgan fingerprint density at radius 1 is 1.20 bits per heavy atom. The van der Waals surface area contributed by atoms with Crippen LogP contribution in [-0.2, 0) is 6.42 Å². The lowest BCUT2D eigenvalue weighted by Gasteiger charge is -2.15. The number of nitrogens with two attached hydrogens (primary N) is 1. The molecule has 84 valence electrons. The Balaban J connectivity index is 2.33. The molecule has 0 heterocycles. The second-order valence-corrected chi connectivity index (χ2v) is 4.05. The van der Waals surface area contributed by atoms with Gasteiger partial charge in [-0.1, -0.05) is 56.5 Å². The molecule has 1 atom stereocenters. The van der Waals surface area contributed by atoms with Gasteiger partial charge in [0.2, 0.25) is 0 Å². The van der Waals surface area contributed by atoms with E-state index in [0.29, 0.717) is 6.04 Å². The summed E-state index contributed by atoms with van der Waals surface area (Å²) in [7, 11) is 0. The van der Waals surface area contributed by atoms with Crippen molar-refractivity contribution in [2.24, 2.45) is 5.84 Å². The molecule has 0 aliphatic heterocycles. The molecular formula is C13H22N2. The van der Waals surface area contributed by atoms with Gasteiger partial charge in [0, 0.05) is 6.04 Å². The number of benzene rings is 1. The Morgan fingerprint density at radius 2 is 1.93 bits per heavy atom. The van der Waals surface area contributed by atoms with Crippen LogP contribution in [0, 0.1) is 0 Å². The average molecular weight is 206 g/mol. The van der Waals surface area contributed by atoms with E-state index in [1.165, 1.54) is 31.2 Å². The highest BCUT2D eigenvalue weighted by molar-refractivity contribution is 5.15. The van der Waals surface area contributed by atoms with E-state index in [9.17, 15) is 0 Å². The zero-order chi connectivity index (χ0) is 10.9. The molecule has 1 unspecified atom stereocenters. The first-order valence-corrected chi connectivity index (χ1v) is 5.87. The van der Waals surface area contributed by atoms with E-state index in [2.05, 4.69) is 36.6 Å². The van der Waals surface area contributed by atoms with E-state index >= 15 is 0 Å². The topological polar surface area (TPSA) is 38.0 Å². The van der Waals surface area contributed by atoms with Crippen LogP contribution in [0.1, 0.15) is 38.2 Å². The monoisotopic (exact) mass is 206 g/mol. The van der Waals surface area contributed by atoms with Crippen molar-refractivity contribution in [3.05, 3.63) is 35.9 Å². The number of nitrogens with one attached hydrogen (secondary N) is 1. The fourth-order valence-electron chi connectivity index (χ4n) is 1.78. The highest BCUT2D eigenvalue weighted by Crippen LogP contribution is 2.09. The zero-order valence-electron chi connectivity index (χ0n) is 9.58. The van der Waals surface area contributed by atoms with Crippen LogP contribution >= 0.6 is 0 Å². The smallest absolute Gasteiger partial charge is 0.0250 e. The molecule has 0 saturated heterocycles. The van der Waals surface area contributed by atoms with E-state index in [0.717, 1.165) is 6.42 Å². The average Bonchev–Trinajstić information content (AvgIpc) is 2.29. The van der Waals surface area contributed by atoms with Gasteiger partial charge in [0.05, 0.1) is 0 Å². The summed E-state index contributed by atoms with van der Waals surface area (Å²) in [4.78, 5) is 0. The summed E-state index contributed by atoms with van der Waals surface area (Å²) in [6.07, 6.45) is 6.02. The quantitative estimate of drug-likeness (QED) is 0.409. The van der Waals surface area contributed by atoms with Gasteiger partial charge in [-0.05, 0) is 18.4 Å². The van der Waals surface area contributed by atoms with Crippen LogP contribution in [-0.4, -0.2) is 6.04 Å². The van der Waals surface area contributed by atoms with E-state index in [1.807, 2.05) is 6.07 Å². The van der Waals surface area contributed by atoms with Gasteiger partial charge >= 0.3 is 0 Å². The largest absolute Gasteiger partial charge is 0.271 e. The van der Waals surface area contributed by atoms with Gasteiger partial charge in [-0.2, -0.15) is 0 Å². The van der Waals surface area contributed by atoms with Crippen LogP contribution in [0.25, 0.3) is 0 Å². The van der Waals surface area contributed by atoms with E-state index in [1.54, 1.807) is 0 Å². The van der Waals surface area contributed by atoms with Crippen LogP contribution in [0.15, 0.2) is 30.3 Å². The molecule has 0 spiro atoms. The Bertz CT molecular complexity index is 246. The number of hydrogen-bond acceptors (Lipinski definition) is 2. The maximum Gasteiger partial charge on any atom is 0.0250 e. The van der Waals surface area contributed by atoms with Gasteiger partial charge in [0.25, 0.3) is 0 Å². The summed E-state index contributed by atoms with van der Waals surface area (Å²) < 4.78 is 0. The first-order valence-electron chi connectivity index (χ1n) is 5.87. The SMILES string of the molecule is CCCCCC(Cc1ccccc1)NN. The lowest BCUT2D eigenvalue weighted by molar-refractivity contribution is 0.467. The van der Waals surface area contributed by atoms with Gasteiger partial charge < -0.3 is 0 Å². The molecule has 0 aromatic heterocycles. The Morgan fingerprint density at radius 3 is 2.53 bits per heavy atom. The second-order valence-electron chi connectivity index (χ2n) is 4.05. The van der Waals surface area contributed by atoms with Crippen molar-refractivity contribution in [2.45, 2.75) is 45.1 Å². The molecule has 1 aromatic carbocycles. The van der Waals surface area contributed by atoms with Crippen LogP contribution in [0.5, 0.6) is 0 Å². The van der Waals surface area contributed by atoms with Gasteiger partial charge in [0.1, 0.15) is 0 Å². The molecule has 0 saturated carbocycles. The van der Waals surface area contributed by atoms with Crippen molar-refractivity contribution in [1.29, 1.82) is 0 Å². The molecule has 0 amide bonds. The lowest BCUT2D eigenvalue weighted by Crippen LogP contribution is -2.36. The molecule has 0 aliphatic rings. The molecule has 3 N–H and O–H groups in total. The highest BCUT2D eigenvalue weighted by Gasteiger charge is 2.06. The van der Waals surface area contributed by atoms with Crippen LogP contribution < -0.4 is 11.3 Å². The molecule has 0 radical (unpaired) electrons. The number of unbranched alkanes of at least 4 members (excludes halogenated alkanes) is 2. The molecule has 15 heavy (non-hydrogen) atoms. The number of hydrazine groups is 1. The molecule has 0 fully saturated rings. The third-order valence-electron chi connectivity index (χ3n) is 2.72. The first kappa shape index (κ1) is 12.2. The fourth-order valence-corrected chi connectivity index (χ4v) is 1.78. The van der Waals surface area contributed by atoms with Gasteiger partial charge in [-0.25, -0.2) is 0 Å². The summed E-state index contributed by atoms with van der Waals surface area (Å²) >= 11 is 0. The van der Waals surface area contributed by atoms with Crippen molar-refractivity contribution in [2.75, 3.05) is 0 Å². The van der Waals surface area contributed by atoms with Crippen molar-refractivity contribution in [3.63, 3.8) is 0 Å². The maximum atomic E-state index is 5.55. The molecule has 1 aromatic rings. The van der Waals surface area contributed by atoms with Gasteiger partial charge in [-0.3, -0.25) is 11.3 Å². The summed E-state index contributed by atoms with van der Waals surface area (Å²) in [6, 6.07) is 10.9. The summed E-state index contributed by atoms with van der Waals surface area (Å²) in [6.45, 7) is 2.22. The molecule has 0 aliphatic carbocycles. The maximum absolute atomic E-state index is 5.55. The summed E-state index contributed by atoms with van der Waals surface area (Å²) in [5, 5.41) is 0. The second kappa shape index (κ2) is 7.43. The zero-order valence-corrected chi connectivity index (χ0v) is 9.58. The van der Waals surface area contributed by atoms with Crippen LogP contribution in [0.3, 0.4) is 0 Å². The predicted molar refractivity (Wildman–Crippen MR) is 65.4 cm³/mol. The highest BCUT2D eigenvalue weighted by atomic mass is 15.2. The minimum atomic E-state index is 0.416. The van der Waals surface area contributed by atoms with Crippen molar-refractivity contribution in [3.8, 4) is 0 Å². The number of hydrogen-bond donors (Lipinski definition) is 2. The Labute approximate surface area is 92.8 Å². The van der Waals surface area contributed by atoms with E-state index in [4.69, 9.17) is 5.84 Å². The van der Waals surface area contributed by atoms with E-state index < -0.39 is 0 Å². The third kappa shape index (κ3) is 4.96. The Kier molecular flexibility index (Phi) is 6.05. The summed E-state index contributed by atoms with van der Waals surface area (Å²) in [5.41, 5.74) is 4.27. The fraction of sp³-hybridized carbons (Fsp3) is 0.538. The van der Waals surface area contributed by atoms with Gasteiger partial charge in [0.15, 0.2) is 0 Å². The normalized spacial score (nSPS) is 12.7. The van der Waals surface area contributed by atoms with Crippen molar-refractivity contribution >= 4 is 0 Å². The lowest BCUT2D eigenvalue weighted by atomic mass is 10.0. The minimum absolute atomic E-state index is 0.416.